The molecule has 4 nitrogen and oxygen atoms in total. The number of nitriles is 1. The minimum atomic E-state index is -0.547. The molecule has 1 saturated carbocycles. The Labute approximate surface area is 123 Å². The van der Waals surface area contributed by atoms with Crippen LogP contribution < -0.4 is 0 Å². The number of fused-ring (bicyclic) bond motifs is 1. The fraction of sp³-hybridized carbons (Fsp3) is 0.412. The van der Waals surface area contributed by atoms with E-state index in [9.17, 15) is 10.1 Å². The average molecular weight is 282 g/mol. The summed E-state index contributed by atoms with van der Waals surface area (Å²) in [5, 5.41) is 10.4. The molecule has 108 valence electrons. The van der Waals surface area contributed by atoms with Crippen LogP contribution in [0.25, 0.3) is 10.9 Å². The normalized spacial score (nSPS) is 16.5. The fourth-order valence-corrected chi connectivity index (χ4v) is 2.61. The Bertz CT molecular complexity index is 755. The Balaban J connectivity index is 2.13. The number of hydrogen-bond acceptors (Lipinski definition) is 3. The van der Waals surface area contributed by atoms with E-state index < -0.39 is 17.1 Å². The quantitative estimate of drug-likeness (QED) is 0.795. The predicted molar refractivity (Wildman–Crippen MR) is 80.1 cm³/mol. The number of carbonyl (C=O) groups is 1. The van der Waals surface area contributed by atoms with Gasteiger partial charge in [-0.25, -0.2) is 4.79 Å². The minimum Gasteiger partial charge on any atom is -0.443 e. The summed E-state index contributed by atoms with van der Waals surface area (Å²) in [6.45, 7) is 5.53. The highest BCUT2D eigenvalue weighted by Gasteiger charge is 2.46. The van der Waals surface area contributed by atoms with Crippen molar-refractivity contribution in [3.05, 3.63) is 36.0 Å². The molecule has 1 aliphatic carbocycles. The Hall–Kier alpha value is -2.28. The molecule has 0 radical (unpaired) electrons. The van der Waals surface area contributed by atoms with Gasteiger partial charge in [0.05, 0.1) is 17.0 Å². The van der Waals surface area contributed by atoms with Gasteiger partial charge in [0, 0.05) is 11.6 Å². The maximum atomic E-state index is 12.4. The van der Waals surface area contributed by atoms with Crippen molar-refractivity contribution < 1.29 is 9.53 Å². The van der Waals surface area contributed by atoms with Crippen LogP contribution in [0.3, 0.4) is 0 Å². The summed E-state index contributed by atoms with van der Waals surface area (Å²) in [4.78, 5) is 12.4. The van der Waals surface area contributed by atoms with Crippen molar-refractivity contribution in [3.63, 3.8) is 0 Å². The first kappa shape index (κ1) is 13.7. The number of benzene rings is 1. The monoisotopic (exact) mass is 282 g/mol. The molecule has 1 aromatic heterocycles. The third-order valence-electron chi connectivity index (χ3n) is 3.78. The van der Waals surface area contributed by atoms with Gasteiger partial charge in [0.15, 0.2) is 0 Å². The van der Waals surface area contributed by atoms with Crippen molar-refractivity contribution in [2.45, 2.75) is 44.6 Å². The van der Waals surface area contributed by atoms with Gasteiger partial charge in [0.1, 0.15) is 5.60 Å². The van der Waals surface area contributed by atoms with Crippen LogP contribution in [0.1, 0.15) is 39.2 Å². The van der Waals surface area contributed by atoms with Crippen molar-refractivity contribution >= 4 is 17.0 Å². The Morgan fingerprint density at radius 2 is 2.05 bits per heavy atom. The Morgan fingerprint density at radius 3 is 2.62 bits per heavy atom. The Kier molecular flexibility index (Phi) is 2.84. The summed E-state index contributed by atoms with van der Waals surface area (Å²) in [5.74, 6) is 0. The second-order valence-corrected chi connectivity index (χ2v) is 6.60. The maximum absolute atomic E-state index is 12.4. The smallest absolute Gasteiger partial charge is 0.419 e. The van der Waals surface area contributed by atoms with Crippen molar-refractivity contribution in [2.75, 3.05) is 0 Å². The van der Waals surface area contributed by atoms with Crippen LogP contribution in [0.4, 0.5) is 4.79 Å². The maximum Gasteiger partial charge on any atom is 0.419 e. The fourth-order valence-electron chi connectivity index (χ4n) is 2.61. The van der Waals surface area contributed by atoms with Crippen molar-refractivity contribution in [3.8, 4) is 6.07 Å². The number of carbonyl (C=O) groups excluding carboxylic acids is 1. The van der Waals surface area contributed by atoms with E-state index in [0.29, 0.717) is 0 Å². The number of ether oxygens (including phenoxy) is 1. The van der Waals surface area contributed by atoms with Crippen LogP contribution >= 0.6 is 0 Å². The summed E-state index contributed by atoms with van der Waals surface area (Å²) in [6, 6.07) is 10.1. The second-order valence-electron chi connectivity index (χ2n) is 6.60. The molecular formula is C17H18N2O2. The zero-order valence-electron chi connectivity index (χ0n) is 12.5. The highest BCUT2D eigenvalue weighted by atomic mass is 16.6. The lowest BCUT2D eigenvalue weighted by molar-refractivity contribution is 0.0544. The van der Waals surface area contributed by atoms with E-state index in [-0.39, 0.29) is 0 Å². The summed E-state index contributed by atoms with van der Waals surface area (Å²) < 4.78 is 6.97. The zero-order valence-corrected chi connectivity index (χ0v) is 12.5. The average Bonchev–Trinajstić information content (AvgIpc) is 3.08. The van der Waals surface area contributed by atoms with Gasteiger partial charge in [-0.15, -0.1) is 0 Å². The van der Waals surface area contributed by atoms with Gasteiger partial charge in [-0.3, -0.25) is 4.57 Å². The largest absolute Gasteiger partial charge is 0.443 e. The lowest BCUT2D eigenvalue weighted by Crippen LogP contribution is -2.27. The lowest BCUT2D eigenvalue weighted by Gasteiger charge is -2.20. The molecule has 2 aromatic rings. The standard InChI is InChI=1S/C17H18N2O2/c1-16(2,3)21-15(20)19-10-7-12-5-4-6-13(14(12)19)17(11-18)8-9-17/h4-7,10H,8-9H2,1-3H3. The van der Waals surface area contributed by atoms with Crippen molar-refractivity contribution in [1.82, 2.24) is 4.57 Å². The van der Waals surface area contributed by atoms with E-state index in [2.05, 4.69) is 6.07 Å². The molecule has 4 heteroatoms. The van der Waals surface area contributed by atoms with Crippen molar-refractivity contribution in [2.24, 2.45) is 0 Å². The van der Waals surface area contributed by atoms with Gasteiger partial charge in [0.2, 0.25) is 0 Å². The highest BCUT2D eigenvalue weighted by molar-refractivity contribution is 5.93. The molecule has 1 aromatic carbocycles. The third kappa shape index (κ3) is 2.29. The zero-order chi connectivity index (χ0) is 15.3. The van der Waals surface area contributed by atoms with Crippen LogP contribution in [0.2, 0.25) is 0 Å². The molecule has 0 amide bonds. The van der Waals surface area contributed by atoms with Gasteiger partial charge in [-0.05, 0) is 45.2 Å². The lowest BCUT2D eigenvalue weighted by atomic mass is 9.95. The summed E-state index contributed by atoms with van der Waals surface area (Å²) in [7, 11) is 0. The Morgan fingerprint density at radius 1 is 1.33 bits per heavy atom. The van der Waals surface area contributed by atoms with Crippen LogP contribution in [0.5, 0.6) is 0 Å². The van der Waals surface area contributed by atoms with E-state index in [1.165, 1.54) is 4.57 Å². The van der Waals surface area contributed by atoms with E-state index in [1.807, 2.05) is 45.0 Å². The molecule has 0 unspecified atom stereocenters. The van der Waals surface area contributed by atoms with Crippen molar-refractivity contribution in [1.29, 1.82) is 5.26 Å². The van der Waals surface area contributed by atoms with Gasteiger partial charge in [-0.2, -0.15) is 5.26 Å². The number of nitrogens with zero attached hydrogens (tertiary/aromatic N) is 2. The van der Waals surface area contributed by atoms with Crippen LogP contribution in [0, 0.1) is 11.3 Å². The minimum absolute atomic E-state index is 0.404. The highest BCUT2D eigenvalue weighted by Crippen LogP contribution is 2.49. The molecule has 1 aliphatic rings. The number of aromatic nitrogens is 1. The number of rotatable bonds is 1. The second kappa shape index (κ2) is 4.36. The van der Waals surface area contributed by atoms with Crippen LogP contribution in [-0.2, 0) is 10.2 Å². The first-order chi connectivity index (χ1) is 9.86. The third-order valence-corrected chi connectivity index (χ3v) is 3.78. The van der Waals surface area contributed by atoms with Crippen LogP contribution in [0.15, 0.2) is 30.5 Å². The summed E-state index contributed by atoms with van der Waals surface area (Å²) in [6.07, 6.45) is 3.01. The molecule has 0 bridgehead atoms. The number of para-hydroxylation sites is 1. The summed E-state index contributed by atoms with van der Waals surface area (Å²) in [5.41, 5.74) is 0.747. The predicted octanol–water partition coefficient (Wildman–Crippen LogP) is 3.98. The molecule has 0 atom stereocenters. The van der Waals surface area contributed by atoms with E-state index in [4.69, 9.17) is 4.74 Å². The van der Waals surface area contributed by atoms with Gasteiger partial charge in [0.25, 0.3) is 0 Å². The first-order valence-electron chi connectivity index (χ1n) is 7.11. The van der Waals surface area contributed by atoms with Gasteiger partial charge in [-0.1, -0.05) is 18.2 Å². The van der Waals surface area contributed by atoms with E-state index in [0.717, 1.165) is 29.3 Å². The molecule has 0 N–H and O–H groups in total. The molecule has 1 heterocycles. The topological polar surface area (TPSA) is 55.0 Å². The molecule has 21 heavy (non-hydrogen) atoms. The molecule has 1 fully saturated rings. The summed E-state index contributed by atoms with van der Waals surface area (Å²) >= 11 is 0. The van der Waals surface area contributed by atoms with Crippen LogP contribution in [-0.4, -0.2) is 16.3 Å². The number of hydrogen-bond donors (Lipinski definition) is 0. The van der Waals surface area contributed by atoms with E-state index >= 15 is 0 Å². The SMILES string of the molecule is CC(C)(C)OC(=O)n1ccc2cccc(C3(C#N)CC3)c21. The first-order valence-corrected chi connectivity index (χ1v) is 7.11. The molecule has 0 spiro atoms. The van der Waals surface area contributed by atoms with E-state index in [1.54, 1.807) is 6.20 Å². The molecule has 0 saturated heterocycles. The molecule has 3 rings (SSSR count). The van der Waals surface area contributed by atoms with Gasteiger partial charge < -0.3 is 4.74 Å². The van der Waals surface area contributed by atoms with Gasteiger partial charge >= 0.3 is 6.09 Å². The molecular weight excluding hydrogens is 264 g/mol. The molecule has 0 aliphatic heterocycles.